The minimum Gasteiger partial charge on any atom is -0.490 e. The SMILES string of the molecule is CCCCCCCCOc1cc2c(c(OCCCCCCCC)c1OCCCCCCCC)C(=O)c1cc(OCCC(C)CCCC(C)C)c(OCCC(C)CCCC(C)C)c(OCCC(C)CCCC(C)C)c1C2=O. The second-order valence-corrected chi connectivity index (χ2v) is 24.6. The minimum atomic E-state index is -0.293. The highest BCUT2D eigenvalue weighted by Crippen LogP contribution is 2.51. The molecule has 2 aromatic carbocycles. The van der Waals surface area contributed by atoms with Crippen molar-refractivity contribution in [3.05, 3.63) is 34.4 Å². The molecule has 76 heavy (non-hydrogen) atoms. The Morgan fingerprint density at radius 2 is 0.579 bits per heavy atom. The van der Waals surface area contributed by atoms with E-state index >= 15 is 9.59 Å². The number of unbranched alkanes of at least 4 members (excludes halogenated alkanes) is 15. The lowest BCUT2D eigenvalue weighted by Gasteiger charge is -2.28. The van der Waals surface area contributed by atoms with Crippen LogP contribution in [0.2, 0.25) is 0 Å². The van der Waals surface area contributed by atoms with Crippen LogP contribution in [0.15, 0.2) is 12.1 Å². The summed E-state index contributed by atoms with van der Waals surface area (Å²) in [5.74, 6) is 5.19. The van der Waals surface area contributed by atoms with Crippen LogP contribution in [0.5, 0.6) is 34.5 Å². The molecule has 0 radical (unpaired) electrons. The number of fused-ring (bicyclic) bond motifs is 2. The normalized spacial score (nSPS) is 13.6. The van der Waals surface area contributed by atoms with Gasteiger partial charge in [-0.1, -0.05) is 237 Å². The molecule has 3 atom stereocenters. The molecule has 8 nitrogen and oxygen atoms in total. The van der Waals surface area contributed by atoms with E-state index in [1.165, 1.54) is 89.9 Å². The Bertz CT molecular complexity index is 1870. The zero-order chi connectivity index (χ0) is 55.5. The third-order valence-corrected chi connectivity index (χ3v) is 15.6. The number of hydrogen-bond donors (Lipinski definition) is 0. The van der Waals surface area contributed by atoms with Gasteiger partial charge in [0, 0.05) is 11.1 Å². The molecule has 0 aliphatic heterocycles. The fourth-order valence-corrected chi connectivity index (χ4v) is 10.4. The lowest BCUT2D eigenvalue weighted by atomic mass is 9.82. The third kappa shape index (κ3) is 25.6. The molecule has 0 bridgehead atoms. The Labute approximate surface area is 467 Å². The van der Waals surface area contributed by atoms with Crippen LogP contribution in [0.1, 0.15) is 308 Å². The maximum absolute atomic E-state index is 15.7. The molecule has 3 rings (SSSR count). The zero-order valence-electron chi connectivity index (χ0n) is 51.3. The van der Waals surface area contributed by atoms with Gasteiger partial charge in [0.05, 0.1) is 50.8 Å². The number of carbonyl (C=O) groups is 2. The van der Waals surface area contributed by atoms with E-state index in [0.717, 1.165) is 103 Å². The minimum absolute atomic E-state index is 0.240. The first-order chi connectivity index (χ1) is 36.7. The van der Waals surface area contributed by atoms with Crippen molar-refractivity contribution in [2.24, 2.45) is 35.5 Å². The average Bonchev–Trinajstić information content (AvgIpc) is 3.38. The summed E-state index contributed by atoms with van der Waals surface area (Å²) in [5, 5.41) is 0. The van der Waals surface area contributed by atoms with Gasteiger partial charge in [-0.05, 0) is 86.2 Å². The highest BCUT2D eigenvalue weighted by Gasteiger charge is 2.41. The molecule has 0 aromatic heterocycles. The average molecular weight is 1060 g/mol. The van der Waals surface area contributed by atoms with Crippen molar-refractivity contribution in [2.45, 2.75) is 276 Å². The van der Waals surface area contributed by atoms with Crippen LogP contribution in [0.4, 0.5) is 0 Å². The number of ether oxygens (including phenoxy) is 6. The monoisotopic (exact) mass is 1060 g/mol. The van der Waals surface area contributed by atoms with Gasteiger partial charge in [0.15, 0.2) is 34.6 Å². The first-order valence-corrected chi connectivity index (χ1v) is 32.0. The largest absolute Gasteiger partial charge is 0.490 e. The van der Waals surface area contributed by atoms with Crippen LogP contribution in [-0.2, 0) is 0 Å². The standard InChI is InChI=1S/C68H116O8/c1-13-16-19-22-25-28-43-71-59-49-57-61(67(74-45-30-27-24-21-18-15-3)65(59)73-44-29-26-23-20-17-14-2)63(69)58-50-60(72-46-40-54(10)37-31-34-51(4)5)66(75-47-41-55(11)38-32-35-52(6)7)68(62(58)64(57)70)76-48-42-56(12)39-33-36-53(8)9/h49-56H,13-48H2,1-12H3. The van der Waals surface area contributed by atoms with Crippen molar-refractivity contribution in [2.75, 3.05) is 39.6 Å². The lowest BCUT2D eigenvalue weighted by molar-refractivity contribution is 0.0968. The van der Waals surface area contributed by atoms with E-state index in [0.29, 0.717) is 110 Å². The molecule has 1 aliphatic rings. The van der Waals surface area contributed by atoms with E-state index in [4.69, 9.17) is 28.4 Å². The van der Waals surface area contributed by atoms with Crippen molar-refractivity contribution in [1.29, 1.82) is 0 Å². The summed E-state index contributed by atoms with van der Waals surface area (Å²) in [6.07, 6.45) is 33.1. The van der Waals surface area contributed by atoms with E-state index in [-0.39, 0.29) is 33.8 Å². The van der Waals surface area contributed by atoms with Crippen molar-refractivity contribution in [3.8, 4) is 34.5 Å². The highest BCUT2D eigenvalue weighted by atomic mass is 16.5. The predicted molar refractivity (Wildman–Crippen MR) is 320 cm³/mol. The Morgan fingerprint density at radius 3 is 0.934 bits per heavy atom. The molecule has 0 saturated carbocycles. The smallest absolute Gasteiger partial charge is 0.204 e. The molecule has 436 valence electrons. The summed E-state index contributed by atoms with van der Waals surface area (Å²) in [5.41, 5.74) is 1.01. The number of rotatable bonds is 48. The first kappa shape index (κ1) is 66.9. The predicted octanol–water partition coefficient (Wildman–Crippen LogP) is 20.4. The number of benzene rings is 2. The maximum atomic E-state index is 15.7. The van der Waals surface area contributed by atoms with Gasteiger partial charge < -0.3 is 28.4 Å². The quantitative estimate of drug-likeness (QED) is 0.0517. The summed E-state index contributed by atoms with van der Waals surface area (Å²) >= 11 is 0. The summed E-state index contributed by atoms with van der Waals surface area (Å²) in [6.45, 7) is 29.9. The van der Waals surface area contributed by atoms with E-state index in [1.54, 1.807) is 12.1 Å². The van der Waals surface area contributed by atoms with Gasteiger partial charge >= 0.3 is 0 Å². The topological polar surface area (TPSA) is 89.5 Å². The molecule has 0 amide bonds. The fraction of sp³-hybridized carbons (Fsp3) is 0.794. The molecule has 0 N–H and O–H groups in total. The lowest BCUT2D eigenvalue weighted by Crippen LogP contribution is -2.25. The molecular weight excluding hydrogens is 945 g/mol. The maximum Gasteiger partial charge on any atom is 0.204 e. The van der Waals surface area contributed by atoms with Crippen molar-refractivity contribution in [1.82, 2.24) is 0 Å². The van der Waals surface area contributed by atoms with Crippen LogP contribution in [0.25, 0.3) is 0 Å². The van der Waals surface area contributed by atoms with Crippen molar-refractivity contribution >= 4 is 11.6 Å². The second kappa shape index (κ2) is 39.9. The van der Waals surface area contributed by atoms with E-state index < -0.39 is 0 Å². The Kier molecular flexibility index (Phi) is 35.1. The van der Waals surface area contributed by atoms with Crippen molar-refractivity contribution < 1.29 is 38.0 Å². The van der Waals surface area contributed by atoms with Gasteiger partial charge in [-0.2, -0.15) is 0 Å². The third-order valence-electron chi connectivity index (χ3n) is 15.6. The molecule has 0 spiro atoms. The van der Waals surface area contributed by atoms with E-state index in [2.05, 4.69) is 83.1 Å². The number of hydrogen-bond acceptors (Lipinski definition) is 8. The summed E-state index contributed by atoms with van der Waals surface area (Å²) in [4.78, 5) is 31.4. The first-order valence-electron chi connectivity index (χ1n) is 32.0. The van der Waals surface area contributed by atoms with Gasteiger partial charge in [0.1, 0.15) is 0 Å². The molecule has 2 aromatic rings. The number of ketones is 2. The van der Waals surface area contributed by atoms with E-state index in [1.807, 2.05) is 0 Å². The molecule has 0 heterocycles. The molecule has 0 saturated heterocycles. The van der Waals surface area contributed by atoms with Gasteiger partial charge in [-0.25, -0.2) is 0 Å². The van der Waals surface area contributed by atoms with Crippen LogP contribution >= 0.6 is 0 Å². The summed E-state index contributed by atoms with van der Waals surface area (Å²) in [7, 11) is 0. The molecule has 1 aliphatic carbocycles. The van der Waals surface area contributed by atoms with Gasteiger partial charge in [0.25, 0.3) is 0 Å². The van der Waals surface area contributed by atoms with Crippen LogP contribution in [-0.4, -0.2) is 51.2 Å². The summed E-state index contributed by atoms with van der Waals surface area (Å²) in [6, 6.07) is 3.55. The van der Waals surface area contributed by atoms with Gasteiger partial charge in [0.2, 0.25) is 11.5 Å². The van der Waals surface area contributed by atoms with Crippen molar-refractivity contribution in [3.63, 3.8) is 0 Å². The van der Waals surface area contributed by atoms with Gasteiger partial charge in [-0.15, -0.1) is 0 Å². The Morgan fingerprint density at radius 1 is 0.303 bits per heavy atom. The van der Waals surface area contributed by atoms with Crippen LogP contribution < -0.4 is 28.4 Å². The molecule has 8 heteroatoms. The Hall–Kier alpha value is -3.42. The molecule has 3 unspecified atom stereocenters. The zero-order valence-corrected chi connectivity index (χ0v) is 51.3. The number of carbonyl (C=O) groups excluding carboxylic acids is 2. The van der Waals surface area contributed by atoms with Gasteiger partial charge in [-0.3, -0.25) is 9.59 Å². The second-order valence-electron chi connectivity index (χ2n) is 24.6. The van der Waals surface area contributed by atoms with E-state index in [9.17, 15) is 0 Å². The summed E-state index contributed by atoms with van der Waals surface area (Å²) < 4.78 is 40.8. The highest BCUT2D eigenvalue weighted by molar-refractivity contribution is 6.31. The van der Waals surface area contributed by atoms with Crippen LogP contribution in [0.3, 0.4) is 0 Å². The Balaban J connectivity index is 2.24. The molecular formula is C68H116O8. The fourth-order valence-electron chi connectivity index (χ4n) is 10.4. The molecule has 0 fully saturated rings. The van der Waals surface area contributed by atoms with Crippen LogP contribution in [0, 0.1) is 35.5 Å².